The van der Waals surface area contributed by atoms with Crippen LogP contribution in [0.2, 0.25) is 0 Å². The number of nitrogens with zero attached hydrogens (tertiary/aromatic N) is 2. The van der Waals surface area contributed by atoms with Gasteiger partial charge in [-0.15, -0.1) is 0 Å². The van der Waals surface area contributed by atoms with E-state index >= 15 is 0 Å². The first kappa shape index (κ1) is 11.8. The lowest BCUT2D eigenvalue weighted by Gasteiger charge is -2.01. The summed E-state index contributed by atoms with van der Waals surface area (Å²) in [4.78, 5) is 4.67. The van der Waals surface area contributed by atoms with Crippen LogP contribution in [0.5, 0.6) is 0 Å². The fourth-order valence-electron chi connectivity index (χ4n) is 2.77. The number of rotatable bonds is 1. The van der Waals surface area contributed by atoms with Gasteiger partial charge in [0.2, 0.25) is 0 Å². The summed E-state index contributed by atoms with van der Waals surface area (Å²) in [5.41, 5.74) is 4.96. The molecule has 1 N–H and O–H groups in total. The number of nitrogens with one attached hydrogen (secondary N) is 1. The Kier molecular flexibility index (Phi) is 2.50. The highest BCUT2D eigenvalue weighted by Crippen LogP contribution is 2.25. The van der Waals surface area contributed by atoms with Crippen molar-refractivity contribution in [2.75, 3.05) is 0 Å². The third-order valence-electron chi connectivity index (χ3n) is 3.79. The Morgan fingerprint density at radius 2 is 2.00 bits per heavy atom. The van der Waals surface area contributed by atoms with Gasteiger partial charge in [-0.3, -0.25) is 5.10 Å². The standard InChI is InChI=1S/C15H12FN3S/c16-10-6-4-9(5-7-10)13-8-14-17-12-3-1-2-11(12)15(20)19(14)18-13/h4-8,18H,1-3H2. The molecule has 1 aliphatic carbocycles. The van der Waals surface area contributed by atoms with Gasteiger partial charge in [-0.25, -0.2) is 13.9 Å². The molecule has 0 spiro atoms. The van der Waals surface area contributed by atoms with E-state index in [1.165, 1.54) is 17.7 Å². The summed E-state index contributed by atoms with van der Waals surface area (Å²) in [6, 6.07) is 8.36. The summed E-state index contributed by atoms with van der Waals surface area (Å²) in [5, 5.41) is 3.26. The van der Waals surface area contributed by atoms with Crippen LogP contribution >= 0.6 is 12.2 Å². The van der Waals surface area contributed by atoms with Crippen LogP contribution in [0, 0.1) is 10.5 Å². The summed E-state index contributed by atoms with van der Waals surface area (Å²) in [7, 11) is 0. The summed E-state index contributed by atoms with van der Waals surface area (Å²) >= 11 is 5.54. The molecule has 1 aliphatic rings. The molecule has 0 bridgehead atoms. The van der Waals surface area contributed by atoms with Crippen LogP contribution in [-0.4, -0.2) is 14.6 Å². The third kappa shape index (κ3) is 1.70. The smallest absolute Gasteiger partial charge is 0.155 e. The highest BCUT2D eigenvalue weighted by molar-refractivity contribution is 7.71. The fraction of sp³-hybridized carbons (Fsp3) is 0.200. The second-order valence-corrected chi connectivity index (χ2v) is 5.45. The molecule has 4 rings (SSSR count). The summed E-state index contributed by atoms with van der Waals surface area (Å²) < 4.78 is 15.6. The van der Waals surface area contributed by atoms with E-state index in [9.17, 15) is 4.39 Å². The zero-order chi connectivity index (χ0) is 13.7. The largest absolute Gasteiger partial charge is 0.291 e. The highest BCUT2D eigenvalue weighted by atomic mass is 32.1. The van der Waals surface area contributed by atoms with Crippen LogP contribution in [-0.2, 0) is 12.8 Å². The molecule has 0 radical (unpaired) electrons. The van der Waals surface area contributed by atoms with Crippen LogP contribution in [0.3, 0.4) is 0 Å². The first-order chi connectivity index (χ1) is 9.72. The molecular formula is C15H12FN3S. The minimum atomic E-state index is -0.237. The lowest BCUT2D eigenvalue weighted by atomic mass is 10.1. The van der Waals surface area contributed by atoms with Crippen LogP contribution in [0.1, 0.15) is 17.7 Å². The Morgan fingerprint density at radius 3 is 2.80 bits per heavy atom. The van der Waals surface area contributed by atoms with Gasteiger partial charge in [0.25, 0.3) is 0 Å². The SMILES string of the molecule is Fc1ccc(-c2cc3nc4c(c(=S)n3[nH]2)CCC4)cc1. The van der Waals surface area contributed by atoms with E-state index in [4.69, 9.17) is 12.2 Å². The van der Waals surface area contributed by atoms with Crippen molar-refractivity contribution in [2.45, 2.75) is 19.3 Å². The first-order valence-corrected chi connectivity index (χ1v) is 7.03. The van der Waals surface area contributed by atoms with E-state index in [2.05, 4.69) is 10.1 Å². The third-order valence-corrected chi connectivity index (χ3v) is 4.22. The van der Waals surface area contributed by atoms with E-state index in [0.717, 1.165) is 46.5 Å². The van der Waals surface area contributed by atoms with Crippen molar-refractivity contribution >= 4 is 17.9 Å². The van der Waals surface area contributed by atoms with E-state index < -0.39 is 0 Å². The maximum absolute atomic E-state index is 13.0. The Labute approximate surface area is 120 Å². The summed E-state index contributed by atoms with van der Waals surface area (Å²) in [5.74, 6) is -0.237. The number of fused-ring (bicyclic) bond motifs is 2. The molecular weight excluding hydrogens is 273 g/mol. The zero-order valence-electron chi connectivity index (χ0n) is 10.7. The molecule has 3 aromatic rings. The van der Waals surface area contributed by atoms with Crippen LogP contribution in [0.4, 0.5) is 4.39 Å². The van der Waals surface area contributed by atoms with Crippen molar-refractivity contribution in [3.8, 4) is 11.3 Å². The molecule has 5 heteroatoms. The minimum absolute atomic E-state index is 0.237. The van der Waals surface area contributed by atoms with Gasteiger partial charge >= 0.3 is 0 Å². The van der Waals surface area contributed by atoms with Crippen LogP contribution in [0.25, 0.3) is 16.9 Å². The Hall–Kier alpha value is -2.01. The molecule has 0 saturated carbocycles. The van der Waals surface area contributed by atoms with Gasteiger partial charge in [0.05, 0.1) is 5.69 Å². The van der Waals surface area contributed by atoms with Crippen LogP contribution in [0.15, 0.2) is 30.3 Å². The summed E-state index contributed by atoms with van der Waals surface area (Å²) in [6.45, 7) is 0. The van der Waals surface area contributed by atoms with Crippen molar-refractivity contribution in [1.82, 2.24) is 14.6 Å². The van der Waals surface area contributed by atoms with E-state index in [1.54, 1.807) is 12.1 Å². The van der Waals surface area contributed by atoms with Crippen molar-refractivity contribution in [3.63, 3.8) is 0 Å². The van der Waals surface area contributed by atoms with Crippen molar-refractivity contribution < 1.29 is 4.39 Å². The quantitative estimate of drug-likeness (QED) is 0.692. The summed E-state index contributed by atoms with van der Waals surface area (Å²) in [6.07, 6.45) is 3.14. The molecule has 3 nitrogen and oxygen atoms in total. The second-order valence-electron chi connectivity index (χ2n) is 5.07. The number of aromatic nitrogens is 3. The maximum atomic E-state index is 13.0. The predicted molar refractivity (Wildman–Crippen MR) is 77.8 cm³/mol. The fourth-order valence-corrected chi connectivity index (χ4v) is 3.13. The van der Waals surface area contributed by atoms with Crippen molar-refractivity contribution in [1.29, 1.82) is 0 Å². The molecule has 1 aromatic carbocycles. The lowest BCUT2D eigenvalue weighted by molar-refractivity contribution is 0.628. The van der Waals surface area contributed by atoms with Gasteiger partial charge < -0.3 is 0 Å². The van der Waals surface area contributed by atoms with Gasteiger partial charge in [-0.1, -0.05) is 12.2 Å². The zero-order valence-corrected chi connectivity index (χ0v) is 11.5. The van der Waals surface area contributed by atoms with Crippen LogP contribution < -0.4 is 0 Å². The van der Waals surface area contributed by atoms with Crippen molar-refractivity contribution in [3.05, 3.63) is 52.0 Å². The first-order valence-electron chi connectivity index (χ1n) is 6.62. The number of aryl methyl sites for hydroxylation is 1. The monoisotopic (exact) mass is 285 g/mol. The molecule has 0 fully saturated rings. The lowest BCUT2D eigenvalue weighted by Crippen LogP contribution is -1.99. The molecule has 0 aliphatic heterocycles. The molecule has 0 atom stereocenters. The van der Waals surface area contributed by atoms with Gasteiger partial charge in [-0.2, -0.15) is 0 Å². The van der Waals surface area contributed by atoms with Gasteiger partial charge in [0.1, 0.15) is 10.5 Å². The molecule has 20 heavy (non-hydrogen) atoms. The maximum Gasteiger partial charge on any atom is 0.155 e. The van der Waals surface area contributed by atoms with Gasteiger partial charge in [0.15, 0.2) is 5.65 Å². The number of aromatic amines is 1. The van der Waals surface area contributed by atoms with Crippen molar-refractivity contribution in [2.24, 2.45) is 0 Å². The number of H-pyrrole nitrogens is 1. The molecule has 0 saturated heterocycles. The Morgan fingerprint density at radius 1 is 1.20 bits per heavy atom. The van der Waals surface area contributed by atoms with Gasteiger partial charge in [0, 0.05) is 17.3 Å². The number of hydrogen-bond acceptors (Lipinski definition) is 2. The number of halogens is 1. The Bertz CT molecular complexity index is 861. The molecule has 100 valence electrons. The van der Waals surface area contributed by atoms with Gasteiger partial charge in [-0.05, 0) is 49.1 Å². The Balaban J connectivity index is 1.94. The van der Waals surface area contributed by atoms with E-state index in [1.807, 2.05) is 10.6 Å². The normalized spacial score (nSPS) is 13.8. The average Bonchev–Trinajstić information content (AvgIpc) is 3.06. The highest BCUT2D eigenvalue weighted by Gasteiger charge is 2.17. The molecule has 0 unspecified atom stereocenters. The number of benzene rings is 1. The second kappa shape index (κ2) is 4.24. The average molecular weight is 285 g/mol. The topological polar surface area (TPSA) is 33.1 Å². The molecule has 0 amide bonds. The predicted octanol–water partition coefficient (Wildman–Crippen LogP) is 3.69. The number of hydrogen-bond donors (Lipinski definition) is 1. The minimum Gasteiger partial charge on any atom is -0.291 e. The van der Waals surface area contributed by atoms with E-state index in [0.29, 0.717) is 0 Å². The molecule has 2 heterocycles. The molecule has 2 aromatic heterocycles. The van der Waals surface area contributed by atoms with E-state index in [-0.39, 0.29) is 5.82 Å².